The minimum absolute atomic E-state index is 0.149. The molecule has 0 bridgehead atoms. The third-order valence-electron chi connectivity index (χ3n) is 3.70. The molecule has 23 heavy (non-hydrogen) atoms. The molecule has 0 unspecified atom stereocenters. The van der Waals surface area contributed by atoms with Crippen LogP contribution < -0.4 is 15.4 Å². The molecule has 8 heteroatoms. The van der Waals surface area contributed by atoms with Crippen LogP contribution in [0.1, 0.15) is 17.7 Å². The lowest BCUT2D eigenvalue weighted by Crippen LogP contribution is -2.26. The first kappa shape index (κ1) is 15.4. The summed E-state index contributed by atoms with van der Waals surface area (Å²) < 4.78 is 44.0. The van der Waals surface area contributed by atoms with E-state index in [9.17, 15) is 13.2 Å². The van der Waals surface area contributed by atoms with E-state index in [-0.39, 0.29) is 5.82 Å². The Kier molecular flexibility index (Phi) is 3.75. The zero-order valence-electron chi connectivity index (χ0n) is 12.4. The molecule has 122 valence electrons. The van der Waals surface area contributed by atoms with E-state index in [0.717, 1.165) is 30.2 Å². The molecule has 1 aromatic carbocycles. The van der Waals surface area contributed by atoms with Crippen molar-refractivity contribution in [3.63, 3.8) is 0 Å². The van der Waals surface area contributed by atoms with Gasteiger partial charge in [-0.3, -0.25) is 0 Å². The average Bonchev–Trinajstić information content (AvgIpc) is 2.52. The third-order valence-corrected chi connectivity index (χ3v) is 3.70. The number of rotatable bonds is 2. The van der Waals surface area contributed by atoms with Crippen molar-refractivity contribution in [2.75, 3.05) is 24.3 Å². The molecule has 0 fully saturated rings. The molecule has 5 nitrogen and oxygen atoms in total. The fourth-order valence-electron chi connectivity index (χ4n) is 2.67. The van der Waals surface area contributed by atoms with Crippen LogP contribution in [0.3, 0.4) is 0 Å². The maximum atomic E-state index is 12.9. The van der Waals surface area contributed by atoms with Crippen LogP contribution in [0.4, 0.5) is 30.6 Å². The van der Waals surface area contributed by atoms with Gasteiger partial charge in [-0.05, 0) is 36.6 Å². The molecule has 2 N–H and O–H groups in total. The molecular weight excluding hydrogens is 309 g/mol. The number of aromatic nitrogens is 2. The number of nitrogens with zero attached hydrogens (tertiary/aromatic N) is 3. The Hall–Kier alpha value is -2.51. The SMILES string of the molecule is COc1ccc2c(c1)CCCN2c1cc(C(F)(F)F)nc(N)n1. The average molecular weight is 324 g/mol. The van der Waals surface area contributed by atoms with E-state index in [1.54, 1.807) is 18.1 Å². The molecular formula is C15H15F3N4O. The quantitative estimate of drug-likeness (QED) is 0.919. The summed E-state index contributed by atoms with van der Waals surface area (Å²) in [5, 5.41) is 0. The summed E-state index contributed by atoms with van der Waals surface area (Å²) in [6, 6.07) is 6.40. The molecule has 0 atom stereocenters. The normalized spacial score (nSPS) is 14.5. The van der Waals surface area contributed by atoms with Crippen LogP contribution >= 0.6 is 0 Å². The third kappa shape index (κ3) is 3.01. The summed E-state index contributed by atoms with van der Waals surface area (Å²) >= 11 is 0. The van der Waals surface area contributed by atoms with Gasteiger partial charge in [-0.2, -0.15) is 18.2 Å². The van der Waals surface area contributed by atoms with Crippen LogP contribution in [-0.2, 0) is 12.6 Å². The van der Waals surface area contributed by atoms with E-state index in [1.165, 1.54) is 0 Å². The molecule has 0 amide bonds. The summed E-state index contributed by atoms with van der Waals surface area (Å²) in [4.78, 5) is 8.98. The van der Waals surface area contributed by atoms with Gasteiger partial charge in [0.25, 0.3) is 0 Å². The van der Waals surface area contributed by atoms with Crippen molar-refractivity contribution >= 4 is 17.5 Å². The molecule has 0 saturated heterocycles. The Balaban J connectivity index is 2.06. The Morgan fingerprint density at radius 3 is 2.70 bits per heavy atom. The molecule has 0 aliphatic carbocycles. The van der Waals surface area contributed by atoms with Crippen molar-refractivity contribution in [2.45, 2.75) is 19.0 Å². The molecule has 1 aromatic heterocycles. The maximum absolute atomic E-state index is 12.9. The molecule has 0 spiro atoms. The lowest BCUT2D eigenvalue weighted by Gasteiger charge is -2.31. The number of fused-ring (bicyclic) bond motifs is 1. The van der Waals surface area contributed by atoms with Crippen LogP contribution in [0, 0.1) is 0 Å². The molecule has 1 aliphatic heterocycles. The number of benzene rings is 1. The lowest BCUT2D eigenvalue weighted by molar-refractivity contribution is -0.141. The van der Waals surface area contributed by atoms with E-state index in [0.29, 0.717) is 12.3 Å². The monoisotopic (exact) mass is 324 g/mol. The van der Waals surface area contributed by atoms with Gasteiger partial charge in [0.1, 0.15) is 11.6 Å². The van der Waals surface area contributed by atoms with Crippen molar-refractivity contribution in [2.24, 2.45) is 0 Å². The van der Waals surface area contributed by atoms with Gasteiger partial charge >= 0.3 is 6.18 Å². The molecule has 0 saturated carbocycles. The number of aryl methyl sites for hydroxylation is 1. The second-order valence-electron chi connectivity index (χ2n) is 5.22. The van der Waals surface area contributed by atoms with E-state index in [1.807, 2.05) is 12.1 Å². The largest absolute Gasteiger partial charge is 0.497 e. The highest BCUT2D eigenvalue weighted by atomic mass is 19.4. The Labute approximate surface area is 130 Å². The van der Waals surface area contributed by atoms with Crippen LogP contribution in [0.25, 0.3) is 0 Å². The highest BCUT2D eigenvalue weighted by molar-refractivity contribution is 5.67. The van der Waals surface area contributed by atoms with Gasteiger partial charge in [0.2, 0.25) is 5.95 Å². The molecule has 0 radical (unpaired) electrons. The van der Waals surface area contributed by atoms with Crippen molar-refractivity contribution in [3.05, 3.63) is 35.5 Å². The highest BCUT2D eigenvalue weighted by Crippen LogP contribution is 2.37. The van der Waals surface area contributed by atoms with Crippen LogP contribution in [-0.4, -0.2) is 23.6 Å². The predicted octanol–water partition coefficient (Wildman–Crippen LogP) is 3.17. The molecule has 3 rings (SSSR count). The smallest absolute Gasteiger partial charge is 0.433 e. The zero-order chi connectivity index (χ0) is 16.6. The Morgan fingerprint density at radius 1 is 1.22 bits per heavy atom. The number of hydrogen-bond acceptors (Lipinski definition) is 5. The van der Waals surface area contributed by atoms with Gasteiger partial charge in [-0.15, -0.1) is 0 Å². The van der Waals surface area contributed by atoms with Crippen molar-refractivity contribution in [3.8, 4) is 5.75 Å². The van der Waals surface area contributed by atoms with E-state index < -0.39 is 17.8 Å². The van der Waals surface area contributed by atoms with Gasteiger partial charge in [0.15, 0.2) is 5.69 Å². The van der Waals surface area contributed by atoms with Crippen molar-refractivity contribution in [1.29, 1.82) is 0 Å². The summed E-state index contributed by atoms with van der Waals surface area (Å²) in [7, 11) is 1.57. The van der Waals surface area contributed by atoms with Crippen LogP contribution in [0.5, 0.6) is 5.75 Å². The topological polar surface area (TPSA) is 64.3 Å². The summed E-state index contributed by atoms with van der Waals surface area (Å²) in [5.41, 5.74) is 6.23. The second-order valence-corrected chi connectivity index (χ2v) is 5.22. The highest BCUT2D eigenvalue weighted by Gasteiger charge is 2.34. The summed E-state index contributed by atoms with van der Waals surface area (Å²) in [6.45, 7) is 0.563. The standard InChI is InChI=1S/C15H15F3N4O/c1-23-10-4-5-11-9(7-10)3-2-6-22(11)13-8-12(15(16,17)18)20-14(19)21-13/h4-5,7-8H,2-3,6H2,1H3,(H2,19,20,21). The number of anilines is 3. The number of alkyl halides is 3. The number of nitrogen functional groups attached to an aromatic ring is 1. The number of halogens is 3. The van der Waals surface area contributed by atoms with Crippen LogP contribution in [0.2, 0.25) is 0 Å². The first-order valence-electron chi connectivity index (χ1n) is 7.04. The van der Waals surface area contributed by atoms with E-state index >= 15 is 0 Å². The van der Waals surface area contributed by atoms with Gasteiger partial charge in [-0.1, -0.05) is 0 Å². The first-order valence-corrected chi connectivity index (χ1v) is 7.04. The predicted molar refractivity (Wildman–Crippen MR) is 79.8 cm³/mol. The lowest BCUT2D eigenvalue weighted by atomic mass is 10.0. The first-order chi connectivity index (χ1) is 10.9. The fourth-order valence-corrected chi connectivity index (χ4v) is 2.67. The minimum Gasteiger partial charge on any atom is -0.497 e. The van der Waals surface area contributed by atoms with E-state index in [4.69, 9.17) is 10.5 Å². The fraction of sp³-hybridized carbons (Fsp3) is 0.333. The number of ether oxygens (including phenoxy) is 1. The molecule has 2 heterocycles. The number of hydrogen-bond donors (Lipinski definition) is 1. The van der Waals surface area contributed by atoms with Gasteiger partial charge in [-0.25, -0.2) is 4.98 Å². The number of methoxy groups -OCH3 is 1. The van der Waals surface area contributed by atoms with Gasteiger partial charge < -0.3 is 15.4 Å². The molecule has 2 aromatic rings. The molecule has 1 aliphatic rings. The minimum atomic E-state index is -4.57. The van der Waals surface area contributed by atoms with Gasteiger partial charge in [0.05, 0.1) is 7.11 Å². The Morgan fingerprint density at radius 2 is 2.00 bits per heavy atom. The second kappa shape index (κ2) is 5.60. The van der Waals surface area contributed by atoms with Crippen molar-refractivity contribution in [1.82, 2.24) is 9.97 Å². The summed E-state index contributed by atoms with van der Waals surface area (Å²) in [6.07, 6.45) is -2.94. The maximum Gasteiger partial charge on any atom is 0.433 e. The summed E-state index contributed by atoms with van der Waals surface area (Å²) in [5.74, 6) is 0.468. The van der Waals surface area contributed by atoms with Gasteiger partial charge in [0, 0.05) is 18.3 Å². The zero-order valence-corrected chi connectivity index (χ0v) is 12.4. The van der Waals surface area contributed by atoms with Crippen molar-refractivity contribution < 1.29 is 17.9 Å². The number of nitrogens with two attached hydrogens (primary N) is 1. The Bertz CT molecular complexity index is 733. The van der Waals surface area contributed by atoms with E-state index in [2.05, 4.69) is 9.97 Å². The van der Waals surface area contributed by atoms with Crippen LogP contribution in [0.15, 0.2) is 24.3 Å².